The van der Waals surface area contributed by atoms with Crippen LogP contribution in [-0.2, 0) is 20.7 Å². The highest BCUT2D eigenvalue weighted by Crippen LogP contribution is 2.30. The largest absolute Gasteiger partial charge is 0.381 e. The molecule has 3 aliphatic rings. The van der Waals surface area contributed by atoms with E-state index in [1.807, 2.05) is 4.90 Å². The predicted molar refractivity (Wildman–Crippen MR) is 107 cm³/mol. The van der Waals surface area contributed by atoms with Gasteiger partial charge < -0.3 is 18.9 Å². The second-order valence-corrected chi connectivity index (χ2v) is 8.94. The third kappa shape index (κ3) is 6.01. The lowest BCUT2D eigenvalue weighted by molar-refractivity contribution is -0.130. The molecule has 0 spiro atoms. The van der Waals surface area contributed by atoms with Crippen LogP contribution in [0, 0.1) is 11.8 Å². The van der Waals surface area contributed by atoms with Gasteiger partial charge >= 0.3 is 0 Å². The molecule has 1 atom stereocenters. The van der Waals surface area contributed by atoms with Crippen LogP contribution < -0.4 is 0 Å². The maximum Gasteiger partial charge on any atom is 0.231 e. The van der Waals surface area contributed by atoms with Crippen molar-refractivity contribution in [2.75, 3.05) is 39.5 Å². The number of rotatable bonds is 9. The van der Waals surface area contributed by atoms with Gasteiger partial charge in [-0.25, -0.2) is 0 Å². The molecule has 0 N–H and O–H groups in total. The lowest BCUT2D eigenvalue weighted by Gasteiger charge is -2.21. The van der Waals surface area contributed by atoms with Gasteiger partial charge in [-0.2, -0.15) is 4.98 Å². The van der Waals surface area contributed by atoms with E-state index in [2.05, 4.69) is 10.1 Å². The van der Waals surface area contributed by atoms with Crippen molar-refractivity contribution in [3.63, 3.8) is 0 Å². The number of carbonyl (C=O) groups excluding carboxylic acids is 1. The van der Waals surface area contributed by atoms with Crippen molar-refractivity contribution >= 4 is 5.91 Å². The minimum absolute atomic E-state index is 0.176. The molecule has 0 radical (unpaired) electrons. The highest BCUT2D eigenvalue weighted by molar-refractivity contribution is 5.76. The fourth-order valence-electron chi connectivity index (χ4n) is 4.83. The van der Waals surface area contributed by atoms with E-state index in [9.17, 15) is 4.79 Å². The number of carbonyl (C=O) groups is 1. The molecular weight excluding hydrogens is 370 g/mol. The Balaban J connectivity index is 1.15. The van der Waals surface area contributed by atoms with E-state index in [-0.39, 0.29) is 5.92 Å². The van der Waals surface area contributed by atoms with Gasteiger partial charge in [0.1, 0.15) is 0 Å². The molecule has 162 valence electrons. The van der Waals surface area contributed by atoms with Crippen molar-refractivity contribution in [3.05, 3.63) is 11.7 Å². The molecule has 1 saturated carbocycles. The molecule has 3 heterocycles. The van der Waals surface area contributed by atoms with Crippen LogP contribution in [0.2, 0.25) is 0 Å². The SMILES string of the molecule is O=C(CCC1CCCC1)N1CCC(c2nc(CCOCC3CCOCC3)no2)C1. The highest BCUT2D eigenvalue weighted by Gasteiger charge is 2.31. The van der Waals surface area contributed by atoms with Crippen molar-refractivity contribution in [1.29, 1.82) is 0 Å². The van der Waals surface area contributed by atoms with E-state index < -0.39 is 0 Å². The third-order valence-corrected chi connectivity index (χ3v) is 6.78. The van der Waals surface area contributed by atoms with Gasteiger partial charge in [0.25, 0.3) is 0 Å². The van der Waals surface area contributed by atoms with Crippen LogP contribution in [0.5, 0.6) is 0 Å². The van der Waals surface area contributed by atoms with Crippen LogP contribution in [0.4, 0.5) is 0 Å². The first-order valence-electron chi connectivity index (χ1n) is 11.5. The zero-order valence-corrected chi connectivity index (χ0v) is 17.5. The van der Waals surface area contributed by atoms with Gasteiger partial charge in [0, 0.05) is 45.8 Å². The molecule has 3 fully saturated rings. The standard InChI is InChI=1S/C22H35N3O4/c26-21(6-5-17-3-1-2-4-17)25-11-7-19(15-25)22-23-20(24-29-22)10-14-28-16-18-8-12-27-13-9-18/h17-19H,1-16H2. The smallest absolute Gasteiger partial charge is 0.231 e. The molecule has 7 nitrogen and oxygen atoms in total. The van der Waals surface area contributed by atoms with Crippen LogP contribution in [0.3, 0.4) is 0 Å². The maximum atomic E-state index is 12.5. The lowest BCUT2D eigenvalue weighted by Crippen LogP contribution is -2.28. The molecule has 2 aliphatic heterocycles. The molecule has 1 aromatic heterocycles. The van der Waals surface area contributed by atoms with Crippen LogP contribution in [-0.4, -0.2) is 60.5 Å². The Morgan fingerprint density at radius 2 is 1.93 bits per heavy atom. The number of hydrogen-bond donors (Lipinski definition) is 0. The molecule has 7 heteroatoms. The molecule has 29 heavy (non-hydrogen) atoms. The van der Waals surface area contributed by atoms with E-state index in [1.54, 1.807) is 0 Å². The normalized spacial score (nSPS) is 23.9. The second kappa shape index (κ2) is 10.5. The Labute approximate surface area is 173 Å². The van der Waals surface area contributed by atoms with Gasteiger partial charge in [0.2, 0.25) is 11.8 Å². The van der Waals surface area contributed by atoms with E-state index in [4.69, 9.17) is 14.0 Å². The van der Waals surface area contributed by atoms with Crippen molar-refractivity contribution in [1.82, 2.24) is 15.0 Å². The summed E-state index contributed by atoms with van der Waals surface area (Å²) < 4.78 is 16.7. The molecule has 1 amide bonds. The average molecular weight is 406 g/mol. The number of hydrogen-bond acceptors (Lipinski definition) is 6. The first-order valence-corrected chi connectivity index (χ1v) is 11.5. The Kier molecular flexibility index (Phi) is 7.55. The van der Waals surface area contributed by atoms with Gasteiger partial charge in [0.15, 0.2) is 5.82 Å². The van der Waals surface area contributed by atoms with E-state index in [0.29, 0.717) is 49.5 Å². The molecule has 0 aromatic carbocycles. The van der Waals surface area contributed by atoms with Crippen molar-refractivity contribution in [3.8, 4) is 0 Å². The first kappa shape index (κ1) is 20.8. The average Bonchev–Trinajstić information content (AvgIpc) is 3.51. The predicted octanol–water partition coefficient (Wildman–Crippen LogP) is 3.34. The van der Waals surface area contributed by atoms with Crippen molar-refractivity contribution < 1.29 is 18.8 Å². The fourth-order valence-corrected chi connectivity index (χ4v) is 4.83. The molecule has 2 saturated heterocycles. The monoisotopic (exact) mass is 405 g/mol. The Hall–Kier alpha value is -1.47. The van der Waals surface area contributed by atoms with Crippen molar-refractivity contribution in [2.45, 2.75) is 70.1 Å². The van der Waals surface area contributed by atoms with Gasteiger partial charge in [0.05, 0.1) is 12.5 Å². The van der Waals surface area contributed by atoms with E-state index in [0.717, 1.165) is 58.0 Å². The summed E-state index contributed by atoms with van der Waals surface area (Å²) in [5, 5.41) is 4.11. The third-order valence-electron chi connectivity index (χ3n) is 6.78. The Morgan fingerprint density at radius 1 is 1.10 bits per heavy atom. The van der Waals surface area contributed by atoms with Gasteiger partial charge in [-0.15, -0.1) is 0 Å². The van der Waals surface area contributed by atoms with Crippen LogP contribution in [0.25, 0.3) is 0 Å². The minimum atomic E-state index is 0.176. The Morgan fingerprint density at radius 3 is 2.76 bits per heavy atom. The van der Waals surface area contributed by atoms with Crippen LogP contribution in [0.15, 0.2) is 4.52 Å². The summed E-state index contributed by atoms with van der Waals surface area (Å²) >= 11 is 0. The summed E-state index contributed by atoms with van der Waals surface area (Å²) in [6.45, 7) is 4.63. The summed E-state index contributed by atoms with van der Waals surface area (Å²) in [7, 11) is 0. The van der Waals surface area contributed by atoms with Gasteiger partial charge in [-0.05, 0) is 37.5 Å². The quantitative estimate of drug-likeness (QED) is 0.587. The molecule has 1 aliphatic carbocycles. The highest BCUT2D eigenvalue weighted by atomic mass is 16.5. The molecule has 1 unspecified atom stereocenters. The number of likely N-dealkylation sites (tertiary alicyclic amines) is 1. The summed E-state index contributed by atoms with van der Waals surface area (Å²) in [5.41, 5.74) is 0. The lowest BCUT2D eigenvalue weighted by atomic mass is 10.0. The van der Waals surface area contributed by atoms with Gasteiger partial charge in [-0.1, -0.05) is 30.8 Å². The summed E-state index contributed by atoms with van der Waals surface area (Å²) in [6, 6.07) is 0. The molecule has 4 rings (SSSR count). The summed E-state index contributed by atoms with van der Waals surface area (Å²) in [4.78, 5) is 19.1. The van der Waals surface area contributed by atoms with Crippen LogP contribution >= 0.6 is 0 Å². The molecular formula is C22H35N3O4. The van der Waals surface area contributed by atoms with E-state index in [1.165, 1.54) is 25.7 Å². The fraction of sp³-hybridized carbons (Fsp3) is 0.864. The summed E-state index contributed by atoms with van der Waals surface area (Å²) in [6.07, 6.45) is 10.8. The van der Waals surface area contributed by atoms with Gasteiger partial charge in [-0.3, -0.25) is 4.79 Å². The first-order chi connectivity index (χ1) is 14.3. The number of nitrogens with zero attached hydrogens (tertiary/aromatic N) is 3. The summed E-state index contributed by atoms with van der Waals surface area (Å²) in [5.74, 6) is 3.23. The topological polar surface area (TPSA) is 77.7 Å². The van der Waals surface area contributed by atoms with Crippen molar-refractivity contribution in [2.24, 2.45) is 11.8 Å². The zero-order chi connectivity index (χ0) is 19.9. The van der Waals surface area contributed by atoms with E-state index >= 15 is 0 Å². The van der Waals surface area contributed by atoms with Crippen LogP contribution in [0.1, 0.15) is 75.4 Å². The molecule has 1 aromatic rings. The second-order valence-electron chi connectivity index (χ2n) is 8.94. The molecule has 0 bridgehead atoms. The maximum absolute atomic E-state index is 12.5. The Bertz CT molecular complexity index is 638. The minimum Gasteiger partial charge on any atom is -0.381 e. The number of aromatic nitrogens is 2. The zero-order valence-electron chi connectivity index (χ0n) is 17.5. The number of ether oxygens (including phenoxy) is 2. The number of amides is 1.